The van der Waals surface area contributed by atoms with Gasteiger partial charge in [-0.3, -0.25) is 9.59 Å². The molecule has 0 aromatic rings. The van der Waals surface area contributed by atoms with Crippen LogP contribution in [-0.2, 0) is 9.59 Å². The minimum Gasteiger partial charge on any atom is -0.352 e. The molecule has 3 fully saturated rings. The molecule has 2 aliphatic carbocycles. The Morgan fingerprint density at radius 1 is 0.900 bits per heavy atom. The Balaban J connectivity index is 1.59. The molecule has 0 spiro atoms. The SMILES string of the molecule is O=C(NC1CCCCCC1)C1(C(=O)N2CCCC2)CC1. The average Bonchev–Trinajstić information content (AvgIpc) is 3.16. The first kappa shape index (κ1) is 13.9. The van der Waals surface area contributed by atoms with Gasteiger partial charge in [0.15, 0.2) is 0 Å². The first-order valence-electron chi connectivity index (χ1n) is 8.33. The van der Waals surface area contributed by atoms with Crippen LogP contribution in [-0.4, -0.2) is 35.8 Å². The standard InChI is InChI=1S/C16H26N2O2/c19-14(17-13-7-3-1-2-4-8-13)16(9-10-16)15(20)18-11-5-6-12-18/h13H,1-12H2,(H,17,19). The summed E-state index contributed by atoms with van der Waals surface area (Å²) in [6, 6.07) is 0.300. The fourth-order valence-electron chi connectivity index (χ4n) is 3.63. The van der Waals surface area contributed by atoms with Gasteiger partial charge in [-0.05, 0) is 38.5 Å². The van der Waals surface area contributed by atoms with Crippen LogP contribution in [0.25, 0.3) is 0 Å². The summed E-state index contributed by atoms with van der Waals surface area (Å²) in [4.78, 5) is 27.0. The molecule has 20 heavy (non-hydrogen) atoms. The Labute approximate surface area is 121 Å². The summed E-state index contributed by atoms with van der Waals surface area (Å²) in [6.45, 7) is 1.69. The Hall–Kier alpha value is -1.06. The Morgan fingerprint density at radius 3 is 2.05 bits per heavy atom. The molecule has 0 atom stereocenters. The van der Waals surface area contributed by atoms with Crippen molar-refractivity contribution < 1.29 is 9.59 Å². The molecule has 2 amide bonds. The third-order valence-electron chi connectivity index (χ3n) is 5.18. The second kappa shape index (κ2) is 5.74. The number of carbonyl (C=O) groups is 2. The molecule has 0 bridgehead atoms. The van der Waals surface area contributed by atoms with Crippen LogP contribution in [0.5, 0.6) is 0 Å². The molecule has 0 radical (unpaired) electrons. The van der Waals surface area contributed by atoms with Crippen LogP contribution in [0.3, 0.4) is 0 Å². The predicted octanol–water partition coefficient (Wildman–Crippen LogP) is 2.23. The van der Waals surface area contributed by atoms with E-state index in [0.29, 0.717) is 6.04 Å². The third kappa shape index (κ3) is 2.70. The molecule has 1 N–H and O–H groups in total. The third-order valence-corrected chi connectivity index (χ3v) is 5.18. The summed E-state index contributed by atoms with van der Waals surface area (Å²) in [5, 5.41) is 3.18. The molecular weight excluding hydrogens is 252 g/mol. The smallest absolute Gasteiger partial charge is 0.238 e. The molecule has 1 heterocycles. The van der Waals surface area contributed by atoms with Gasteiger partial charge in [0, 0.05) is 19.1 Å². The maximum atomic E-state index is 12.5. The van der Waals surface area contributed by atoms with E-state index in [-0.39, 0.29) is 11.8 Å². The van der Waals surface area contributed by atoms with Crippen molar-refractivity contribution in [3.63, 3.8) is 0 Å². The molecule has 0 aromatic carbocycles. The maximum Gasteiger partial charge on any atom is 0.238 e. The summed E-state index contributed by atoms with van der Waals surface area (Å²) in [6.07, 6.45) is 10.8. The van der Waals surface area contributed by atoms with Crippen LogP contribution >= 0.6 is 0 Å². The van der Waals surface area contributed by atoms with E-state index in [2.05, 4.69) is 5.32 Å². The van der Waals surface area contributed by atoms with E-state index in [4.69, 9.17) is 0 Å². The molecular formula is C16H26N2O2. The fourth-order valence-corrected chi connectivity index (χ4v) is 3.63. The van der Waals surface area contributed by atoms with Crippen molar-refractivity contribution in [2.24, 2.45) is 5.41 Å². The van der Waals surface area contributed by atoms with Crippen LogP contribution in [0.15, 0.2) is 0 Å². The normalized spacial score (nSPS) is 26.1. The molecule has 1 aliphatic heterocycles. The fraction of sp³-hybridized carbons (Fsp3) is 0.875. The summed E-state index contributed by atoms with van der Waals surface area (Å²) < 4.78 is 0. The molecule has 0 aromatic heterocycles. The van der Waals surface area contributed by atoms with Crippen molar-refractivity contribution in [2.45, 2.75) is 70.3 Å². The van der Waals surface area contributed by atoms with E-state index in [1.807, 2.05) is 4.90 Å². The lowest BCUT2D eigenvalue weighted by molar-refractivity contribution is -0.143. The molecule has 1 saturated heterocycles. The van der Waals surface area contributed by atoms with Crippen molar-refractivity contribution in [1.82, 2.24) is 10.2 Å². The van der Waals surface area contributed by atoms with E-state index in [1.165, 1.54) is 25.7 Å². The van der Waals surface area contributed by atoms with Gasteiger partial charge in [0.1, 0.15) is 5.41 Å². The van der Waals surface area contributed by atoms with Crippen molar-refractivity contribution in [3.8, 4) is 0 Å². The number of likely N-dealkylation sites (tertiary alicyclic amines) is 1. The van der Waals surface area contributed by atoms with Crippen LogP contribution in [0.1, 0.15) is 64.2 Å². The number of carbonyl (C=O) groups excluding carboxylic acids is 2. The van der Waals surface area contributed by atoms with Crippen molar-refractivity contribution in [2.75, 3.05) is 13.1 Å². The molecule has 112 valence electrons. The lowest BCUT2D eigenvalue weighted by Crippen LogP contribution is -2.47. The first-order valence-corrected chi connectivity index (χ1v) is 8.33. The quantitative estimate of drug-likeness (QED) is 0.636. The Bertz CT molecular complexity index is 376. The van der Waals surface area contributed by atoms with Gasteiger partial charge >= 0.3 is 0 Å². The minimum absolute atomic E-state index is 0.0151. The monoisotopic (exact) mass is 278 g/mol. The van der Waals surface area contributed by atoms with Crippen LogP contribution in [0, 0.1) is 5.41 Å². The highest BCUT2D eigenvalue weighted by Gasteiger charge is 2.58. The van der Waals surface area contributed by atoms with E-state index in [1.54, 1.807) is 0 Å². The van der Waals surface area contributed by atoms with Gasteiger partial charge in [0.25, 0.3) is 0 Å². The Kier molecular flexibility index (Phi) is 3.99. The number of rotatable bonds is 3. The molecule has 3 rings (SSSR count). The number of amides is 2. The van der Waals surface area contributed by atoms with Gasteiger partial charge in [0.05, 0.1) is 0 Å². The summed E-state index contributed by atoms with van der Waals surface area (Å²) in [5.74, 6) is 0.113. The first-order chi connectivity index (χ1) is 9.72. The molecule has 2 saturated carbocycles. The van der Waals surface area contributed by atoms with E-state index in [9.17, 15) is 9.59 Å². The van der Waals surface area contributed by atoms with Gasteiger partial charge < -0.3 is 10.2 Å². The zero-order chi connectivity index (χ0) is 14.0. The molecule has 0 unspecified atom stereocenters. The predicted molar refractivity (Wildman–Crippen MR) is 77.1 cm³/mol. The van der Waals surface area contributed by atoms with Crippen LogP contribution < -0.4 is 5.32 Å². The number of hydrogen-bond acceptors (Lipinski definition) is 2. The largest absolute Gasteiger partial charge is 0.352 e. The Morgan fingerprint density at radius 2 is 1.50 bits per heavy atom. The average molecular weight is 278 g/mol. The highest BCUT2D eigenvalue weighted by atomic mass is 16.2. The zero-order valence-electron chi connectivity index (χ0n) is 12.3. The van der Waals surface area contributed by atoms with Gasteiger partial charge in [-0.15, -0.1) is 0 Å². The minimum atomic E-state index is -0.684. The van der Waals surface area contributed by atoms with Gasteiger partial charge in [-0.2, -0.15) is 0 Å². The number of nitrogens with zero attached hydrogens (tertiary/aromatic N) is 1. The zero-order valence-corrected chi connectivity index (χ0v) is 12.3. The number of hydrogen-bond donors (Lipinski definition) is 1. The summed E-state index contributed by atoms with van der Waals surface area (Å²) in [5.41, 5.74) is -0.684. The molecule has 4 heteroatoms. The van der Waals surface area contributed by atoms with Crippen molar-refractivity contribution in [3.05, 3.63) is 0 Å². The van der Waals surface area contributed by atoms with E-state index in [0.717, 1.165) is 51.6 Å². The molecule has 4 nitrogen and oxygen atoms in total. The number of nitrogens with one attached hydrogen (secondary N) is 1. The lowest BCUT2D eigenvalue weighted by atomic mass is 10.0. The second-order valence-corrected chi connectivity index (χ2v) is 6.74. The highest BCUT2D eigenvalue weighted by Crippen LogP contribution is 2.48. The van der Waals surface area contributed by atoms with E-state index >= 15 is 0 Å². The summed E-state index contributed by atoms with van der Waals surface area (Å²) in [7, 11) is 0. The summed E-state index contributed by atoms with van der Waals surface area (Å²) >= 11 is 0. The lowest BCUT2D eigenvalue weighted by Gasteiger charge is -2.24. The van der Waals surface area contributed by atoms with Gasteiger partial charge in [-0.25, -0.2) is 0 Å². The van der Waals surface area contributed by atoms with Crippen LogP contribution in [0.4, 0.5) is 0 Å². The van der Waals surface area contributed by atoms with Crippen LogP contribution in [0.2, 0.25) is 0 Å². The topological polar surface area (TPSA) is 49.4 Å². The molecule has 3 aliphatic rings. The van der Waals surface area contributed by atoms with Crippen molar-refractivity contribution >= 4 is 11.8 Å². The van der Waals surface area contributed by atoms with Gasteiger partial charge in [-0.1, -0.05) is 25.7 Å². The maximum absolute atomic E-state index is 12.5. The highest BCUT2D eigenvalue weighted by molar-refractivity contribution is 6.08. The van der Waals surface area contributed by atoms with Gasteiger partial charge in [0.2, 0.25) is 11.8 Å². The van der Waals surface area contributed by atoms with Crippen molar-refractivity contribution in [1.29, 1.82) is 0 Å². The second-order valence-electron chi connectivity index (χ2n) is 6.74. The van der Waals surface area contributed by atoms with E-state index < -0.39 is 5.41 Å².